The Morgan fingerprint density at radius 2 is 2.00 bits per heavy atom. The van der Waals surface area contributed by atoms with Crippen LogP contribution in [-0.2, 0) is 6.42 Å². The Kier molecular flexibility index (Phi) is 4.14. The third-order valence-corrected chi connectivity index (χ3v) is 4.19. The summed E-state index contributed by atoms with van der Waals surface area (Å²) in [5.41, 5.74) is -0.276. The largest absolute Gasteiger partial charge is 0.294 e. The molecule has 2 rings (SSSR count). The molecule has 0 aliphatic rings. The summed E-state index contributed by atoms with van der Waals surface area (Å²) in [6.45, 7) is 0. The summed E-state index contributed by atoms with van der Waals surface area (Å²) < 4.78 is 27.6. The number of carbonyl (C=O) groups is 1. The highest BCUT2D eigenvalue weighted by Crippen LogP contribution is 2.25. The van der Waals surface area contributed by atoms with Crippen LogP contribution in [0.1, 0.15) is 15.2 Å². The SMILES string of the molecule is O=C(Cc1ccc(Br)s1)c1cc(F)c(Cl)cc1F. The van der Waals surface area contributed by atoms with Crippen LogP contribution in [0.4, 0.5) is 8.78 Å². The van der Waals surface area contributed by atoms with E-state index in [4.69, 9.17) is 11.6 Å². The fourth-order valence-electron chi connectivity index (χ4n) is 1.44. The van der Waals surface area contributed by atoms with Gasteiger partial charge in [-0.3, -0.25) is 4.79 Å². The van der Waals surface area contributed by atoms with Gasteiger partial charge in [-0.1, -0.05) is 11.6 Å². The lowest BCUT2D eigenvalue weighted by atomic mass is 10.1. The number of rotatable bonds is 3. The van der Waals surface area contributed by atoms with Crippen molar-refractivity contribution < 1.29 is 13.6 Å². The van der Waals surface area contributed by atoms with Crippen molar-refractivity contribution in [2.24, 2.45) is 0 Å². The summed E-state index contributed by atoms with van der Waals surface area (Å²) in [6, 6.07) is 5.21. The number of Topliss-reactive ketones (excluding diaryl/α,β-unsaturated/α-hetero) is 1. The van der Waals surface area contributed by atoms with Crippen molar-refractivity contribution >= 4 is 44.7 Å². The second kappa shape index (κ2) is 5.47. The number of carbonyl (C=O) groups excluding carboxylic acids is 1. The van der Waals surface area contributed by atoms with E-state index in [1.807, 2.05) is 0 Å². The minimum absolute atomic E-state index is 0.0360. The Morgan fingerprint density at radius 1 is 1.28 bits per heavy atom. The van der Waals surface area contributed by atoms with Crippen molar-refractivity contribution in [2.45, 2.75) is 6.42 Å². The van der Waals surface area contributed by atoms with E-state index in [-0.39, 0.29) is 17.0 Å². The molecule has 0 atom stereocenters. The van der Waals surface area contributed by atoms with Gasteiger partial charge in [-0.05, 0) is 40.2 Å². The molecule has 1 heterocycles. The van der Waals surface area contributed by atoms with Gasteiger partial charge in [0.2, 0.25) is 0 Å². The molecule has 1 aromatic carbocycles. The van der Waals surface area contributed by atoms with E-state index in [2.05, 4.69) is 15.9 Å². The fourth-order valence-corrected chi connectivity index (χ4v) is 3.07. The third kappa shape index (κ3) is 2.96. The Hall–Kier alpha value is -0.780. The van der Waals surface area contributed by atoms with E-state index < -0.39 is 17.4 Å². The molecule has 0 saturated heterocycles. The summed E-state index contributed by atoms with van der Waals surface area (Å²) >= 11 is 10.1. The topological polar surface area (TPSA) is 17.1 Å². The van der Waals surface area contributed by atoms with Crippen LogP contribution in [0.15, 0.2) is 28.1 Å². The molecule has 6 heteroatoms. The lowest BCUT2D eigenvalue weighted by molar-refractivity contribution is 0.0989. The highest BCUT2D eigenvalue weighted by Gasteiger charge is 2.16. The molecule has 1 nitrogen and oxygen atoms in total. The van der Waals surface area contributed by atoms with Gasteiger partial charge in [-0.2, -0.15) is 0 Å². The third-order valence-electron chi connectivity index (χ3n) is 2.27. The number of benzene rings is 1. The highest BCUT2D eigenvalue weighted by atomic mass is 79.9. The van der Waals surface area contributed by atoms with Gasteiger partial charge in [0.1, 0.15) is 11.6 Å². The van der Waals surface area contributed by atoms with Gasteiger partial charge in [0.05, 0.1) is 14.4 Å². The molecule has 0 fully saturated rings. The molecule has 1 aromatic heterocycles. The van der Waals surface area contributed by atoms with E-state index in [1.54, 1.807) is 12.1 Å². The van der Waals surface area contributed by atoms with Crippen LogP contribution in [0.5, 0.6) is 0 Å². The van der Waals surface area contributed by atoms with Crippen molar-refractivity contribution in [1.82, 2.24) is 0 Å². The van der Waals surface area contributed by atoms with Crippen LogP contribution in [0.3, 0.4) is 0 Å². The zero-order valence-electron chi connectivity index (χ0n) is 8.84. The minimum atomic E-state index is -0.804. The van der Waals surface area contributed by atoms with E-state index in [0.29, 0.717) is 0 Å². The van der Waals surface area contributed by atoms with Crippen LogP contribution in [0, 0.1) is 11.6 Å². The number of thiophene rings is 1. The molecular formula is C12H6BrClF2OS. The maximum Gasteiger partial charge on any atom is 0.171 e. The van der Waals surface area contributed by atoms with Gasteiger partial charge in [-0.25, -0.2) is 8.78 Å². The smallest absolute Gasteiger partial charge is 0.171 e. The summed E-state index contributed by atoms with van der Waals surface area (Å²) in [5.74, 6) is -2.08. The molecule has 2 aromatic rings. The molecule has 0 radical (unpaired) electrons. The lowest BCUT2D eigenvalue weighted by Crippen LogP contribution is -2.06. The molecule has 0 spiro atoms. The van der Waals surface area contributed by atoms with Crippen LogP contribution < -0.4 is 0 Å². The molecule has 0 N–H and O–H groups in total. The van der Waals surface area contributed by atoms with Crippen molar-refractivity contribution in [3.8, 4) is 0 Å². The van der Waals surface area contributed by atoms with E-state index in [9.17, 15) is 13.6 Å². The molecule has 0 amide bonds. The summed E-state index contributed by atoms with van der Waals surface area (Å²) in [4.78, 5) is 12.6. The van der Waals surface area contributed by atoms with Gasteiger partial charge in [0.25, 0.3) is 0 Å². The first-order chi connectivity index (χ1) is 8.47. The van der Waals surface area contributed by atoms with Gasteiger partial charge in [-0.15, -0.1) is 11.3 Å². The molecule has 0 aliphatic heterocycles. The molecule has 0 aliphatic carbocycles. The summed E-state index contributed by atoms with van der Waals surface area (Å²) in [6.07, 6.45) is 0.0360. The number of ketones is 1. The van der Waals surface area contributed by atoms with Crippen LogP contribution in [0.25, 0.3) is 0 Å². The molecule has 0 saturated carbocycles. The van der Waals surface area contributed by atoms with Crippen LogP contribution in [-0.4, -0.2) is 5.78 Å². The second-order valence-corrected chi connectivity index (χ2v) is 6.51. The zero-order valence-corrected chi connectivity index (χ0v) is 12.0. The fraction of sp³-hybridized carbons (Fsp3) is 0.0833. The van der Waals surface area contributed by atoms with Crippen molar-refractivity contribution in [3.63, 3.8) is 0 Å². The Labute approximate surface area is 120 Å². The molecule has 94 valence electrons. The maximum absolute atomic E-state index is 13.5. The number of hydrogen-bond donors (Lipinski definition) is 0. The van der Waals surface area contributed by atoms with Gasteiger partial charge in [0, 0.05) is 11.3 Å². The van der Waals surface area contributed by atoms with Crippen LogP contribution >= 0.6 is 38.9 Å². The first kappa shape index (κ1) is 13.6. The average molecular weight is 352 g/mol. The Bertz CT molecular complexity index is 612. The lowest BCUT2D eigenvalue weighted by Gasteiger charge is -2.03. The maximum atomic E-state index is 13.5. The standard InChI is InChI=1S/C12H6BrClF2OS/c13-12-2-1-6(18-12)3-11(17)7-4-10(16)8(14)5-9(7)15/h1-2,4-5H,3H2. The Balaban J connectivity index is 2.26. The zero-order chi connectivity index (χ0) is 13.3. The normalized spacial score (nSPS) is 10.7. The first-order valence-electron chi connectivity index (χ1n) is 4.89. The van der Waals surface area contributed by atoms with Crippen molar-refractivity contribution in [3.05, 3.63) is 55.1 Å². The van der Waals surface area contributed by atoms with E-state index >= 15 is 0 Å². The van der Waals surface area contributed by atoms with E-state index in [1.165, 1.54) is 11.3 Å². The second-order valence-electron chi connectivity index (χ2n) is 3.55. The highest BCUT2D eigenvalue weighted by molar-refractivity contribution is 9.11. The predicted molar refractivity (Wildman–Crippen MR) is 71.4 cm³/mol. The number of hydrogen-bond acceptors (Lipinski definition) is 2. The monoisotopic (exact) mass is 350 g/mol. The minimum Gasteiger partial charge on any atom is -0.294 e. The van der Waals surface area contributed by atoms with Crippen molar-refractivity contribution in [1.29, 1.82) is 0 Å². The van der Waals surface area contributed by atoms with E-state index in [0.717, 1.165) is 20.8 Å². The molecule has 18 heavy (non-hydrogen) atoms. The predicted octanol–water partition coefficient (Wildman–Crippen LogP) is 4.87. The molecule has 0 bridgehead atoms. The van der Waals surface area contributed by atoms with Crippen molar-refractivity contribution in [2.75, 3.05) is 0 Å². The van der Waals surface area contributed by atoms with Gasteiger partial charge >= 0.3 is 0 Å². The molecule has 0 unspecified atom stereocenters. The average Bonchev–Trinajstić information content (AvgIpc) is 2.69. The number of halogens is 4. The van der Waals surface area contributed by atoms with Gasteiger partial charge < -0.3 is 0 Å². The summed E-state index contributed by atoms with van der Waals surface area (Å²) in [7, 11) is 0. The van der Waals surface area contributed by atoms with Crippen LogP contribution in [0.2, 0.25) is 5.02 Å². The Morgan fingerprint density at radius 3 is 2.61 bits per heavy atom. The van der Waals surface area contributed by atoms with Gasteiger partial charge in [0.15, 0.2) is 5.78 Å². The quantitative estimate of drug-likeness (QED) is 0.570. The first-order valence-corrected chi connectivity index (χ1v) is 6.88. The summed E-state index contributed by atoms with van der Waals surface area (Å²) in [5, 5.41) is -0.331. The molecular weight excluding hydrogens is 346 g/mol.